The van der Waals surface area contributed by atoms with Crippen LogP contribution < -0.4 is 5.32 Å². The van der Waals surface area contributed by atoms with E-state index in [2.05, 4.69) is 10.3 Å². The van der Waals surface area contributed by atoms with Crippen molar-refractivity contribution >= 4 is 16.9 Å². The molecule has 0 amide bonds. The van der Waals surface area contributed by atoms with Gasteiger partial charge in [-0.3, -0.25) is 4.79 Å². The molecule has 2 rings (SSSR count). The summed E-state index contributed by atoms with van der Waals surface area (Å²) in [6.07, 6.45) is 2.56. The van der Waals surface area contributed by atoms with Crippen molar-refractivity contribution in [3.05, 3.63) is 36.0 Å². The Morgan fingerprint density at radius 3 is 2.94 bits per heavy atom. The highest BCUT2D eigenvalue weighted by Gasteiger charge is 2.18. The molecule has 90 valence electrons. The minimum Gasteiger partial charge on any atom is -0.468 e. The van der Waals surface area contributed by atoms with E-state index in [1.165, 1.54) is 7.11 Å². The van der Waals surface area contributed by atoms with Crippen LogP contribution in [0.4, 0.5) is 0 Å². The molecular formula is C13H16N2O2. The van der Waals surface area contributed by atoms with E-state index in [-0.39, 0.29) is 12.0 Å². The van der Waals surface area contributed by atoms with Gasteiger partial charge in [-0.1, -0.05) is 18.2 Å². The van der Waals surface area contributed by atoms with Crippen LogP contribution in [0.15, 0.2) is 30.5 Å². The van der Waals surface area contributed by atoms with E-state index in [0.29, 0.717) is 6.42 Å². The average molecular weight is 232 g/mol. The third kappa shape index (κ3) is 2.31. The summed E-state index contributed by atoms with van der Waals surface area (Å²) in [5, 5.41) is 4.12. The van der Waals surface area contributed by atoms with E-state index in [4.69, 9.17) is 4.74 Å². The van der Waals surface area contributed by atoms with Gasteiger partial charge in [0.15, 0.2) is 0 Å². The number of carbonyl (C=O) groups excluding carboxylic acids is 1. The van der Waals surface area contributed by atoms with Crippen molar-refractivity contribution < 1.29 is 9.53 Å². The van der Waals surface area contributed by atoms with Crippen molar-refractivity contribution in [2.75, 3.05) is 14.2 Å². The van der Waals surface area contributed by atoms with Crippen molar-refractivity contribution in [1.29, 1.82) is 0 Å². The lowest BCUT2D eigenvalue weighted by molar-refractivity contribution is -0.142. The SMILES string of the molecule is CN[C@H](Cc1c[nH]c2ccccc12)C(=O)OC. The monoisotopic (exact) mass is 232 g/mol. The zero-order valence-electron chi connectivity index (χ0n) is 9.99. The van der Waals surface area contributed by atoms with Crippen LogP contribution in [0.2, 0.25) is 0 Å². The predicted octanol–water partition coefficient (Wildman–Crippen LogP) is 1.47. The number of benzene rings is 1. The average Bonchev–Trinajstić information content (AvgIpc) is 2.78. The van der Waals surface area contributed by atoms with Gasteiger partial charge >= 0.3 is 5.97 Å². The predicted molar refractivity (Wildman–Crippen MR) is 66.9 cm³/mol. The molecule has 1 heterocycles. The summed E-state index contributed by atoms with van der Waals surface area (Å²) in [7, 11) is 3.17. The fourth-order valence-electron chi connectivity index (χ4n) is 1.97. The molecule has 0 aliphatic rings. The number of rotatable bonds is 4. The summed E-state index contributed by atoms with van der Waals surface area (Å²) in [6.45, 7) is 0. The molecule has 2 aromatic rings. The molecule has 0 unspecified atom stereocenters. The number of aromatic nitrogens is 1. The summed E-state index contributed by atoms with van der Waals surface area (Å²) >= 11 is 0. The lowest BCUT2D eigenvalue weighted by atomic mass is 10.1. The fraction of sp³-hybridized carbons (Fsp3) is 0.308. The number of esters is 1. The zero-order valence-corrected chi connectivity index (χ0v) is 9.99. The van der Waals surface area contributed by atoms with E-state index in [0.717, 1.165) is 16.5 Å². The normalized spacial score (nSPS) is 12.6. The van der Waals surface area contributed by atoms with Gasteiger partial charge in [0.1, 0.15) is 6.04 Å². The maximum atomic E-state index is 11.5. The lowest BCUT2D eigenvalue weighted by Gasteiger charge is -2.12. The van der Waals surface area contributed by atoms with E-state index in [9.17, 15) is 4.79 Å². The molecule has 0 fully saturated rings. The summed E-state index contributed by atoms with van der Waals surface area (Å²) in [5.74, 6) is -0.238. The van der Waals surface area contributed by atoms with Crippen LogP contribution in [0.1, 0.15) is 5.56 Å². The molecule has 0 aliphatic carbocycles. The number of fused-ring (bicyclic) bond motifs is 1. The van der Waals surface area contributed by atoms with Gasteiger partial charge in [0.2, 0.25) is 0 Å². The second-order valence-electron chi connectivity index (χ2n) is 3.93. The number of ether oxygens (including phenoxy) is 1. The Hall–Kier alpha value is -1.81. The number of H-pyrrole nitrogens is 1. The zero-order chi connectivity index (χ0) is 12.3. The van der Waals surface area contributed by atoms with Crippen LogP contribution >= 0.6 is 0 Å². The maximum absolute atomic E-state index is 11.5. The molecule has 1 aromatic heterocycles. The van der Waals surface area contributed by atoms with Crippen molar-refractivity contribution in [3.8, 4) is 0 Å². The van der Waals surface area contributed by atoms with Gasteiger partial charge in [0.25, 0.3) is 0 Å². The van der Waals surface area contributed by atoms with Gasteiger partial charge in [-0.2, -0.15) is 0 Å². The summed E-state index contributed by atoms with van der Waals surface area (Å²) in [6, 6.07) is 7.74. The first-order chi connectivity index (χ1) is 8.26. The summed E-state index contributed by atoms with van der Waals surface area (Å²) in [5.41, 5.74) is 2.20. The smallest absolute Gasteiger partial charge is 0.323 e. The number of hydrogen-bond donors (Lipinski definition) is 2. The molecule has 0 saturated carbocycles. The van der Waals surface area contributed by atoms with E-state index in [1.807, 2.05) is 30.5 Å². The van der Waals surface area contributed by atoms with Crippen molar-refractivity contribution in [1.82, 2.24) is 10.3 Å². The van der Waals surface area contributed by atoms with Gasteiger partial charge in [-0.05, 0) is 18.7 Å². The van der Waals surface area contributed by atoms with Crippen LogP contribution in [-0.4, -0.2) is 31.2 Å². The van der Waals surface area contributed by atoms with Gasteiger partial charge in [0, 0.05) is 23.5 Å². The summed E-state index contributed by atoms with van der Waals surface area (Å²) in [4.78, 5) is 14.7. The Morgan fingerprint density at radius 1 is 1.47 bits per heavy atom. The van der Waals surface area contributed by atoms with Gasteiger partial charge in [0.05, 0.1) is 7.11 Å². The Balaban J connectivity index is 2.25. The van der Waals surface area contributed by atoms with E-state index >= 15 is 0 Å². The first-order valence-electron chi connectivity index (χ1n) is 5.56. The number of likely N-dealkylation sites (N-methyl/N-ethyl adjacent to an activating group) is 1. The highest BCUT2D eigenvalue weighted by molar-refractivity contribution is 5.84. The molecular weight excluding hydrogens is 216 g/mol. The number of carbonyl (C=O) groups is 1. The number of para-hydroxylation sites is 1. The van der Waals surface area contributed by atoms with Crippen molar-refractivity contribution in [2.24, 2.45) is 0 Å². The molecule has 1 atom stereocenters. The van der Waals surface area contributed by atoms with Crippen LogP contribution in [0.3, 0.4) is 0 Å². The number of methoxy groups -OCH3 is 1. The molecule has 2 N–H and O–H groups in total. The minimum absolute atomic E-state index is 0.238. The Kier molecular flexibility index (Phi) is 3.44. The molecule has 0 spiro atoms. The molecule has 0 saturated heterocycles. The third-order valence-corrected chi connectivity index (χ3v) is 2.93. The Bertz CT molecular complexity index is 519. The largest absolute Gasteiger partial charge is 0.468 e. The first-order valence-corrected chi connectivity index (χ1v) is 5.56. The molecule has 17 heavy (non-hydrogen) atoms. The molecule has 0 aliphatic heterocycles. The number of nitrogens with one attached hydrogen (secondary N) is 2. The standard InChI is InChI=1S/C13H16N2O2/c1-14-12(13(16)17-2)7-9-8-15-11-6-4-3-5-10(9)11/h3-6,8,12,14-15H,7H2,1-2H3/t12-/m1/s1. The molecule has 0 bridgehead atoms. The molecule has 1 aromatic carbocycles. The van der Waals surface area contributed by atoms with Crippen LogP contribution in [-0.2, 0) is 16.0 Å². The van der Waals surface area contributed by atoms with Gasteiger partial charge in [-0.15, -0.1) is 0 Å². The molecule has 0 radical (unpaired) electrons. The van der Waals surface area contributed by atoms with Gasteiger partial charge in [-0.25, -0.2) is 0 Å². The second kappa shape index (κ2) is 5.01. The number of aromatic amines is 1. The summed E-state index contributed by atoms with van der Waals surface area (Å²) < 4.78 is 4.75. The van der Waals surface area contributed by atoms with E-state index in [1.54, 1.807) is 7.05 Å². The highest BCUT2D eigenvalue weighted by atomic mass is 16.5. The minimum atomic E-state index is -0.306. The van der Waals surface area contributed by atoms with Gasteiger partial charge < -0.3 is 15.0 Å². The fourth-order valence-corrected chi connectivity index (χ4v) is 1.97. The quantitative estimate of drug-likeness (QED) is 0.785. The Labute approximate surface area is 100.0 Å². The van der Waals surface area contributed by atoms with Crippen molar-refractivity contribution in [2.45, 2.75) is 12.5 Å². The van der Waals surface area contributed by atoms with Crippen LogP contribution in [0.5, 0.6) is 0 Å². The maximum Gasteiger partial charge on any atom is 0.323 e. The third-order valence-electron chi connectivity index (χ3n) is 2.93. The highest BCUT2D eigenvalue weighted by Crippen LogP contribution is 2.19. The van der Waals surface area contributed by atoms with Crippen molar-refractivity contribution in [3.63, 3.8) is 0 Å². The first kappa shape index (κ1) is 11.7. The van der Waals surface area contributed by atoms with E-state index < -0.39 is 0 Å². The lowest BCUT2D eigenvalue weighted by Crippen LogP contribution is -2.36. The number of hydrogen-bond acceptors (Lipinski definition) is 3. The Morgan fingerprint density at radius 2 is 2.24 bits per heavy atom. The van der Waals surface area contributed by atoms with Crippen LogP contribution in [0, 0.1) is 0 Å². The topological polar surface area (TPSA) is 54.1 Å². The second-order valence-corrected chi connectivity index (χ2v) is 3.93. The van der Waals surface area contributed by atoms with Crippen LogP contribution in [0.25, 0.3) is 10.9 Å². The molecule has 4 heteroatoms. The molecule has 4 nitrogen and oxygen atoms in total.